The Labute approximate surface area is 117 Å². The molecule has 7 heteroatoms. The highest BCUT2D eigenvalue weighted by molar-refractivity contribution is 5.81. The molecule has 19 heavy (non-hydrogen) atoms. The third kappa shape index (κ3) is 6.54. The van der Waals surface area contributed by atoms with Crippen molar-refractivity contribution < 1.29 is 32.8 Å². The molecule has 0 bridgehead atoms. The lowest BCUT2D eigenvalue weighted by Crippen LogP contribution is -3.00. The van der Waals surface area contributed by atoms with Crippen molar-refractivity contribution in [2.24, 2.45) is 5.10 Å². The van der Waals surface area contributed by atoms with Gasteiger partial charge in [-0.2, -0.15) is 5.10 Å². The first-order valence-electron chi connectivity index (χ1n) is 5.43. The van der Waals surface area contributed by atoms with E-state index in [4.69, 9.17) is 5.11 Å². The van der Waals surface area contributed by atoms with E-state index in [-0.39, 0.29) is 18.3 Å². The van der Waals surface area contributed by atoms with Gasteiger partial charge in [0.2, 0.25) is 5.91 Å². The quantitative estimate of drug-likeness (QED) is 0.384. The van der Waals surface area contributed by atoms with Crippen molar-refractivity contribution in [3.8, 4) is 0 Å². The zero-order chi connectivity index (χ0) is 13.5. The van der Waals surface area contributed by atoms with Crippen LogP contribution in [0.1, 0.15) is 18.1 Å². The molecule has 0 spiro atoms. The van der Waals surface area contributed by atoms with Gasteiger partial charge in [-0.3, -0.25) is 4.79 Å². The van der Waals surface area contributed by atoms with Crippen LogP contribution in [0.15, 0.2) is 29.4 Å². The molecule has 0 aliphatic carbocycles. The summed E-state index contributed by atoms with van der Waals surface area (Å²) in [7, 11) is 0. The van der Waals surface area contributed by atoms with Crippen LogP contribution in [0.5, 0.6) is 0 Å². The molecule has 1 amide bonds. The number of carboxylic acid groups (broad SMARTS) is 1. The molecule has 1 atom stereocenters. The molecule has 0 aliphatic rings. The van der Waals surface area contributed by atoms with Crippen LogP contribution in [0.4, 0.5) is 0 Å². The molecule has 1 aromatic rings. The third-order valence-electron chi connectivity index (χ3n) is 2.25. The zero-order valence-corrected chi connectivity index (χ0v) is 11.2. The topological polar surface area (TPSA) is 106 Å². The molecular weight excluding hydrogens is 270 g/mol. The number of hydrazone groups is 1. The third-order valence-corrected chi connectivity index (χ3v) is 2.25. The smallest absolute Gasteiger partial charge is 0.362 e. The number of benzene rings is 1. The van der Waals surface area contributed by atoms with Crippen LogP contribution in [0.25, 0.3) is 0 Å². The van der Waals surface area contributed by atoms with Crippen LogP contribution in [0.2, 0.25) is 0 Å². The molecule has 104 valence electrons. The summed E-state index contributed by atoms with van der Waals surface area (Å²) in [6, 6.07) is 6.58. The fourth-order valence-corrected chi connectivity index (χ4v) is 1.31. The largest absolute Gasteiger partial charge is 1.00 e. The van der Waals surface area contributed by atoms with Gasteiger partial charge in [0.05, 0.1) is 6.21 Å². The molecule has 0 heterocycles. The number of nitrogens with one attached hydrogen (secondary N) is 1. The maximum atomic E-state index is 10.7. The number of rotatable bonds is 5. The number of quaternary nitrogens is 1. The van der Waals surface area contributed by atoms with Gasteiger partial charge in [-0.25, -0.2) is 10.2 Å². The summed E-state index contributed by atoms with van der Waals surface area (Å²) in [5, 5.41) is 12.5. The number of halogens is 1. The molecule has 0 aromatic heterocycles. The van der Waals surface area contributed by atoms with Crippen LogP contribution in [-0.4, -0.2) is 29.2 Å². The van der Waals surface area contributed by atoms with E-state index in [1.807, 2.05) is 12.1 Å². The first-order valence-corrected chi connectivity index (χ1v) is 5.43. The van der Waals surface area contributed by atoms with Crippen LogP contribution in [0, 0.1) is 0 Å². The lowest BCUT2D eigenvalue weighted by Gasteiger charge is -2.03. The van der Waals surface area contributed by atoms with Gasteiger partial charge in [-0.1, -0.05) is 24.3 Å². The maximum Gasteiger partial charge on any atom is 0.362 e. The number of carbonyl (C=O) groups is 2. The van der Waals surface area contributed by atoms with Gasteiger partial charge in [0.1, 0.15) is 0 Å². The molecule has 0 fully saturated rings. The van der Waals surface area contributed by atoms with E-state index >= 15 is 0 Å². The summed E-state index contributed by atoms with van der Waals surface area (Å²) in [5.41, 5.74) is 7.57. The first-order chi connectivity index (χ1) is 8.49. The van der Waals surface area contributed by atoms with Crippen LogP contribution in [0.3, 0.4) is 0 Å². The highest BCUT2D eigenvalue weighted by Crippen LogP contribution is 2.04. The van der Waals surface area contributed by atoms with Crippen LogP contribution in [-0.2, 0) is 16.0 Å². The number of carbonyl (C=O) groups excluding carboxylic acids is 1. The van der Waals surface area contributed by atoms with E-state index in [1.165, 1.54) is 13.1 Å². The van der Waals surface area contributed by atoms with Crippen molar-refractivity contribution in [2.45, 2.75) is 19.4 Å². The molecule has 1 unspecified atom stereocenters. The highest BCUT2D eigenvalue weighted by Gasteiger charge is 2.15. The van der Waals surface area contributed by atoms with Crippen molar-refractivity contribution >= 4 is 18.1 Å². The van der Waals surface area contributed by atoms with E-state index in [0.717, 1.165) is 11.1 Å². The molecular formula is C12H16ClN3O3. The Morgan fingerprint density at radius 1 is 1.42 bits per heavy atom. The molecule has 0 saturated carbocycles. The minimum atomic E-state index is -0.911. The summed E-state index contributed by atoms with van der Waals surface area (Å²) in [6.45, 7) is 1.38. The number of hydrogen-bond donors (Lipinski definition) is 3. The van der Waals surface area contributed by atoms with Gasteiger partial charge in [-0.05, 0) is 11.1 Å². The molecule has 0 radical (unpaired) electrons. The minimum Gasteiger partial charge on any atom is -1.00 e. The summed E-state index contributed by atoms with van der Waals surface area (Å²) in [4.78, 5) is 21.2. The Morgan fingerprint density at radius 3 is 2.47 bits per heavy atom. The Morgan fingerprint density at radius 2 is 2.00 bits per heavy atom. The van der Waals surface area contributed by atoms with Gasteiger partial charge >= 0.3 is 5.97 Å². The summed E-state index contributed by atoms with van der Waals surface area (Å²) in [5.74, 6) is -1.14. The number of amides is 1. The fraction of sp³-hybridized carbons (Fsp3) is 0.250. The second kappa shape index (κ2) is 8.23. The average molecular weight is 286 g/mol. The first kappa shape index (κ1) is 17.1. The maximum absolute atomic E-state index is 10.7. The van der Waals surface area contributed by atoms with Crippen molar-refractivity contribution in [3.05, 3.63) is 35.4 Å². The Bertz CT molecular complexity index is 460. The number of carboxylic acids is 1. The molecule has 6 nitrogen and oxygen atoms in total. The van der Waals surface area contributed by atoms with E-state index < -0.39 is 12.0 Å². The van der Waals surface area contributed by atoms with Gasteiger partial charge in [-0.15, -0.1) is 0 Å². The summed E-state index contributed by atoms with van der Waals surface area (Å²) < 4.78 is 0. The Kier molecular flexibility index (Phi) is 7.40. The van der Waals surface area contributed by atoms with Gasteiger partial charge in [0, 0.05) is 13.3 Å². The normalized spacial score (nSPS) is 11.7. The molecule has 5 N–H and O–H groups in total. The van der Waals surface area contributed by atoms with Gasteiger partial charge in [0.25, 0.3) is 0 Å². The summed E-state index contributed by atoms with van der Waals surface area (Å²) in [6.07, 6.45) is 1.91. The second-order valence-electron chi connectivity index (χ2n) is 3.91. The molecule has 0 saturated heterocycles. The Balaban J connectivity index is 0.00000324. The van der Waals surface area contributed by atoms with Crippen molar-refractivity contribution in [3.63, 3.8) is 0 Å². The monoisotopic (exact) mass is 285 g/mol. The number of aliphatic carboxylic acids is 1. The molecule has 1 aromatic carbocycles. The highest BCUT2D eigenvalue weighted by atomic mass is 35.5. The van der Waals surface area contributed by atoms with Crippen molar-refractivity contribution in [1.82, 2.24) is 5.43 Å². The van der Waals surface area contributed by atoms with E-state index in [1.54, 1.807) is 12.1 Å². The SMILES string of the molecule is CC(=O)N/N=C/c1ccc(CC([NH3+])C(=O)O)cc1.[Cl-]. The van der Waals surface area contributed by atoms with Gasteiger partial charge in [0.15, 0.2) is 6.04 Å². The standard InChI is InChI=1S/C12H15N3O3.ClH/c1-8(16)15-14-7-10-4-2-9(3-5-10)6-11(13)12(17)18;/h2-5,7,11H,6,13H2,1H3,(H,15,16)(H,17,18);1H/b14-7+;. The average Bonchev–Trinajstić information content (AvgIpc) is 2.30. The Hall–Kier alpha value is -1.92. The number of nitrogens with zero attached hydrogens (tertiary/aromatic N) is 1. The second-order valence-corrected chi connectivity index (χ2v) is 3.91. The lowest BCUT2D eigenvalue weighted by molar-refractivity contribution is -0.407. The van der Waals surface area contributed by atoms with E-state index in [9.17, 15) is 9.59 Å². The number of hydrogen-bond acceptors (Lipinski definition) is 3. The van der Waals surface area contributed by atoms with Crippen molar-refractivity contribution in [1.29, 1.82) is 0 Å². The predicted octanol–water partition coefficient (Wildman–Crippen LogP) is -3.60. The summed E-state index contributed by atoms with van der Waals surface area (Å²) >= 11 is 0. The van der Waals surface area contributed by atoms with E-state index in [0.29, 0.717) is 6.42 Å². The molecule has 0 aliphatic heterocycles. The molecule has 1 rings (SSSR count). The van der Waals surface area contributed by atoms with Crippen LogP contribution >= 0.6 is 0 Å². The lowest BCUT2D eigenvalue weighted by atomic mass is 10.1. The minimum absolute atomic E-state index is 0. The van der Waals surface area contributed by atoms with E-state index in [2.05, 4.69) is 16.3 Å². The predicted molar refractivity (Wildman–Crippen MR) is 65.9 cm³/mol. The zero-order valence-electron chi connectivity index (χ0n) is 10.5. The van der Waals surface area contributed by atoms with Crippen molar-refractivity contribution in [2.75, 3.05) is 0 Å². The fourth-order valence-electron chi connectivity index (χ4n) is 1.31. The van der Waals surface area contributed by atoms with Crippen LogP contribution < -0.4 is 23.6 Å². The van der Waals surface area contributed by atoms with Gasteiger partial charge < -0.3 is 23.2 Å².